The molecule has 6 heteroatoms. The number of carbonyl (C=O) groups excluding carboxylic acids is 2. The van der Waals surface area contributed by atoms with Crippen LogP contribution < -0.4 is 10.6 Å². The quantitative estimate of drug-likeness (QED) is 0.875. The summed E-state index contributed by atoms with van der Waals surface area (Å²) >= 11 is 3.03. The molecule has 90 valence electrons. The van der Waals surface area contributed by atoms with Gasteiger partial charge in [0.15, 0.2) is 0 Å². The summed E-state index contributed by atoms with van der Waals surface area (Å²) in [6.07, 6.45) is 0.859. The lowest BCUT2D eigenvalue weighted by Gasteiger charge is -2.11. The van der Waals surface area contributed by atoms with Crippen LogP contribution in [0.2, 0.25) is 0 Å². The topological polar surface area (TPSA) is 58.2 Å². The molecule has 1 fully saturated rings. The normalized spacial score (nSPS) is 18.9. The molecule has 0 radical (unpaired) electrons. The fourth-order valence-corrected chi connectivity index (χ4v) is 1.99. The second-order valence-corrected chi connectivity index (χ2v) is 4.63. The molecule has 4 nitrogen and oxygen atoms in total. The first-order valence-corrected chi connectivity index (χ1v) is 5.91. The average molecular weight is 301 g/mol. The van der Waals surface area contributed by atoms with Crippen molar-refractivity contribution in [1.82, 2.24) is 5.32 Å². The van der Waals surface area contributed by atoms with E-state index < -0.39 is 11.9 Å². The van der Waals surface area contributed by atoms with E-state index >= 15 is 0 Å². The van der Waals surface area contributed by atoms with Crippen molar-refractivity contribution in [2.24, 2.45) is 0 Å². The molecule has 2 amide bonds. The van der Waals surface area contributed by atoms with Gasteiger partial charge >= 0.3 is 0 Å². The maximum atomic E-state index is 13.0. The van der Waals surface area contributed by atoms with E-state index in [0.717, 1.165) is 0 Å². The number of carbonyl (C=O) groups is 2. The molecule has 1 aliphatic heterocycles. The van der Waals surface area contributed by atoms with E-state index in [1.54, 1.807) is 0 Å². The molecule has 2 rings (SSSR count). The monoisotopic (exact) mass is 300 g/mol. The zero-order chi connectivity index (χ0) is 12.4. The van der Waals surface area contributed by atoms with Crippen LogP contribution in [0.3, 0.4) is 0 Å². The minimum atomic E-state index is -0.494. The molecular formula is C11H10BrFN2O2. The maximum absolute atomic E-state index is 13.0. The molecule has 1 aromatic carbocycles. The highest BCUT2D eigenvalue weighted by Crippen LogP contribution is 2.20. The number of hydrogen-bond acceptors (Lipinski definition) is 2. The van der Waals surface area contributed by atoms with Gasteiger partial charge in [-0.2, -0.15) is 0 Å². The van der Waals surface area contributed by atoms with Crippen LogP contribution >= 0.6 is 15.9 Å². The molecule has 17 heavy (non-hydrogen) atoms. The van der Waals surface area contributed by atoms with Gasteiger partial charge in [0.1, 0.15) is 11.9 Å². The average Bonchev–Trinajstić information content (AvgIpc) is 2.70. The van der Waals surface area contributed by atoms with Crippen LogP contribution in [0.25, 0.3) is 0 Å². The van der Waals surface area contributed by atoms with Gasteiger partial charge in [0, 0.05) is 12.1 Å². The van der Waals surface area contributed by atoms with Gasteiger partial charge in [-0.05, 0) is 40.5 Å². The van der Waals surface area contributed by atoms with Crippen molar-refractivity contribution in [2.75, 3.05) is 5.32 Å². The van der Waals surface area contributed by atoms with Crippen molar-refractivity contribution in [3.05, 3.63) is 28.5 Å². The molecule has 2 N–H and O–H groups in total. The Hall–Kier alpha value is -1.43. The van der Waals surface area contributed by atoms with E-state index in [2.05, 4.69) is 26.6 Å². The minimum Gasteiger partial charge on any atom is -0.344 e. The predicted octanol–water partition coefficient (Wildman–Crippen LogP) is 1.81. The number of amides is 2. The SMILES string of the molecule is O=C1CCC(C(=O)Nc2ccc(F)c(Br)c2)N1. The largest absolute Gasteiger partial charge is 0.344 e. The Morgan fingerprint density at radius 2 is 2.29 bits per heavy atom. The van der Waals surface area contributed by atoms with Crippen molar-refractivity contribution >= 4 is 33.4 Å². The lowest BCUT2D eigenvalue weighted by atomic mass is 10.2. The van der Waals surface area contributed by atoms with Crippen LogP contribution in [0.4, 0.5) is 10.1 Å². The number of anilines is 1. The van der Waals surface area contributed by atoms with Crippen molar-refractivity contribution in [1.29, 1.82) is 0 Å². The van der Waals surface area contributed by atoms with Crippen LogP contribution in [0.15, 0.2) is 22.7 Å². The van der Waals surface area contributed by atoms with Crippen molar-refractivity contribution in [3.8, 4) is 0 Å². The molecule has 0 aliphatic carbocycles. The second-order valence-electron chi connectivity index (χ2n) is 3.78. The minimum absolute atomic E-state index is 0.120. The van der Waals surface area contributed by atoms with Gasteiger partial charge in [-0.15, -0.1) is 0 Å². The van der Waals surface area contributed by atoms with Crippen LogP contribution in [0, 0.1) is 5.82 Å². The highest BCUT2D eigenvalue weighted by Gasteiger charge is 2.27. The zero-order valence-corrected chi connectivity index (χ0v) is 10.4. The molecule has 1 aliphatic rings. The summed E-state index contributed by atoms with van der Waals surface area (Å²) in [4.78, 5) is 22.7. The van der Waals surface area contributed by atoms with Crippen LogP contribution in [0.1, 0.15) is 12.8 Å². The van der Waals surface area contributed by atoms with Gasteiger partial charge in [0.25, 0.3) is 0 Å². The molecule has 0 spiro atoms. The lowest BCUT2D eigenvalue weighted by molar-refractivity contribution is -0.122. The standard InChI is InChI=1S/C11H10BrFN2O2/c12-7-5-6(1-2-8(7)13)14-11(17)9-3-4-10(16)15-9/h1-2,5,9H,3-4H2,(H,14,17)(H,15,16). The summed E-state index contributed by atoms with van der Waals surface area (Å²) in [5, 5.41) is 5.19. The molecule has 1 aromatic rings. The smallest absolute Gasteiger partial charge is 0.246 e. The predicted molar refractivity (Wildman–Crippen MR) is 63.9 cm³/mol. The Bertz CT molecular complexity index is 479. The van der Waals surface area contributed by atoms with Gasteiger partial charge in [-0.25, -0.2) is 4.39 Å². The van der Waals surface area contributed by atoms with E-state index in [4.69, 9.17) is 0 Å². The third kappa shape index (κ3) is 2.82. The molecule has 1 saturated heterocycles. The second kappa shape index (κ2) is 4.83. The summed E-state index contributed by atoms with van der Waals surface area (Å²) in [5.41, 5.74) is 0.490. The van der Waals surface area contributed by atoms with E-state index in [1.165, 1.54) is 18.2 Å². The molecule has 0 bridgehead atoms. The fourth-order valence-electron chi connectivity index (χ4n) is 1.61. The fraction of sp³-hybridized carbons (Fsp3) is 0.273. The van der Waals surface area contributed by atoms with Crippen LogP contribution in [0.5, 0.6) is 0 Å². The van der Waals surface area contributed by atoms with E-state index in [0.29, 0.717) is 18.5 Å². The maximum Gasteiger partial charge on any atom is 0.246 e. The van der Waals surface area contributed by atoms with Crippen LogP contribution in [-0.4, -0.2) is 17.9 Å². The molecule has 1 atom stereocenters. The first kappa shape index (κ1) is 12.0. The van der Waals surface area contributed by atoms with Gasteiger partial charge in [0.05, 0.1) is 4.47 Å². The Morgan fingerprint density at radius 1 is 1.53 bits per heavy atom. The lowest BCUT2D eigenvalue weighted by Crippen LogP contribution is -2.37. The summed E-state index contributed by atoms with van der Waals surface area (Å²) < 4.78 is 13.3. The van der Waals surface area contributed by atoms with E-state index in [9.17, 15) is 14.0 Å². The number of benzene rings is 1. The Labute approximate surface area is 106 Å². The number of nitrogens with one attached hydrogen (secondary N) is 2. The van der Waals surface area contributed by atoms with Crippen molar-refractivity contribution in [3.63, 3.8) is 0 Å². The van der Waals surface area contributed by atoms with Crippen molar-refractivity contribution < 1.29 is 14.0 Å². The third-order valence-electron chi connectivity index (χ3n) is 2.50. The molecular weight excluding hydrogens is 291 g/mol. The Kier molecular flexibility index (Phi) is 3.42. The van der Waals surface area contributed by atoms with Gasteiger partial charge < -0.3 is 10.6 Å². The van der Waals surface area contributed by atoms with Crippen molar-refractivity contribution in [2.45, 2.75) is 18.9 Å². The Morgan fingerprint density at radius 3 is 2.88 bits per heavy atom. The zero-order valence-electron chi connectivity index (χ0n) is 8.80. The van der Waals surface area contributed by atoms with Crippen LogP contribution in [-0.2, 0) is 9.59 Å². The number of halogens is 2. The number of rotatable bonds is 2. The first-order valence-electron chi connectivity index (χ1n) is 5.11. The van der Waals surface area contributed by atoms with Gasteiger partial charge in [-0.1, -0.05) is 0 Å². The molecule has 1 unspecified atom stereocenters. The van der Waals surface area contributed by atoms with E-state index in [-0.39, 0.29) is 16.3 Å². The highest BCUT2D eigenvalue weighted by atomic mass is 79.9. The third-order valence-corrected chi connectivity index (χ3v) is 3.11. The Balaban J connectivity index is 2.03. The summed E-state index contributed by atoms with van der Waals surface area (Å²) in [6.45, 7) is 0. The summed E-state index contributed by atoms with van der Waals surface area (Å²) in [7, 11) is 0. The molecule has 1 heterocycles. The summed E-state index contributed by atoms with van der Waals surface area (Å²) in [6, 6.07) is 3.71. The highest BCUT2D eigenvalue weighted by molar-refractivity contribution is 9.10. The first-order chi connectivity index (χ1) is 8.06. The molecule has 0 aromatic heterocycles. The van der Waals surface area contributed by atoms with Gasteiger partial charge in [-0.3, -0.25) is 9.59 Å². The summed E-state index contributed by atoms with van der Waals surface area (Å²) in [5.74, 6) is -0.794. The molecule has 0 saturated carbocycles. The van der Waals surface area contributed by atoms with Gasteiger partial charge in [0.2, 0.25) is 11.8 Å². The number of hydrogen-bond donors (Lipinski definition) is 2. The van der Waals surface area contributed by atoms with E-state index in [1.807, 2.05) is 0 Å².